The lowest BCUT2D eigenvalue weighted by Crippen LogP contribution is -2.42. The predicted molar refractivity (Wildman–Crippen MR) is 68.8 cm³/mol. The molecule has 1 aromatic rings. The zero-order valence-corrected chi connectivity index (χ0v) is 10.9. The van der Waals surface area contributed by atoms with Gasteiger partial charge in [-0.2, -0.15) is 0 Å². The maximum atomic E-state index is 11.8. The van der Waals surface area contributed by atoms with Gasteiger partial charge in [0.05, 0.1) is 11.7 Å². The van der Waals surface area contributed by atoms with Gasteiger partial charge >= 0.3 is 5.97 Å². The first-order chi connectivity index (χ1) is 9.14. The monoisotopic (exact) mass is 265 g/mol. The Morgan fingerprint density at radius 1 is 1.26 bits per heavy atom. The zero-order chi connectivity index (χ0) is 13.7. The number of carboxylic acid groups (broad SMARTS) is 1. The summed E-state index contributed by atoms with van der Waals surface area (Å²) in [7, 11) is 0. The summed E-state index contributed by atoms with van der Waals surface area (Å²) in [5, 5.41) is 12.2. The summed E-state index contributed by atoms with van der Waals surface area (Å²) in [4.78, 5) is 23.4. The van der Waals surface area contributed by atoms with E-state index in [4.69, 9.17) is 4.42 Å². The van der Waals surface area contributed by atoms with Gasteiger partial charge in [0.25, 0.3) is 5.91 Å². The molecule has 19 heavy (non-hydrogen) atoms. The van der Waals surface area contributed by atoms with Gasteiger partial charge in [-0.15, -0.1) is 0 Å². The fourth-order valence-corrected chi connectivity index (χ4v) is 2.62. The smallest absolute Gasteiger partial charge is 0.311 e. The van der Waals surface area contributed by atoms with Crippen LogP contribution in [-0.2, 0) is 4.79 Å². The van der Waals surface area contributed by atoms with Crippen LogP contribution in [0.2, 0.25) is 0 Å². The number of aliphatic carboxylic acids is 1. The standard InChI is InChI=1S/C14H19NO4/c16-12(11-6-5-9-19-11)15-10-14(13(17)18)7-3-1-2-4-8-14/h5-6,9H,1-4,7-8,10H2,(H,15,16)(H,17,18). The highest BCUT2D eigenvalue weighted by Gasteiger charge is 2.39. The predicted octanol–water partition coefficient (Wildman–Crippen LogP) is 2.43. The van der Waals surface area contributed by atoms with Crippen molar-refractivity contribution in [3.63, 3.8) is 0 Å². The molecule has 2 rings (SSSR count). The van der Waals surface area contributed by atoms with Crippen molar-refractivity contribution in [1.82, 2.24) is 5.32 Å². The average molecular weight is 265 g/mol. The van der Waals surface area contributed by atoms with Crippen molar-refractivity contribution in [2.75, 3.05) is 6.54 Å². The van der Waals surface area contributed by atoms with Crippen LogP contribution >= 0.6 is 0 Å². The normalized spacial score (nSPS) is 18.5. The summed E-state index contributed by atoms with van der Waals surface area (Å²) >= 11 is 0. The van der Waals surface area contributed by atoms with E-state index in [2.05, 4.69) is 5.32 Å². The lowest BCUT2D eigenvalue weighted by molar-refractivity contribution is -0.149. The molecule has 0 spiro atoms. The van der Waals surface area contributed by atoms with Gasteiger partial charge in [0.1, 0.15) is 0 Å². The van der Waals surface area contributed by atoms with Crippen LogP contribution in [0.25, 0.3) is 0 Å². The number of carboxylic acids is 1. The van der Waals surface area contributed by atoms with E-state index in [-0.39, 0.29) is 18.2 Å². The number of hydrogen-bond acceptors (Lipinski definition) is 3. The molecule has 1 amide bonds. The fourth-order valence-electron chi connectivity index (χ4n) is 2.62. The first kappa shape index (κ1) is 13.6. The van der Waals surface area contributed by atoms with Crippen LogP contribution in [-0.4, -0.2) is 23.5 Å². The van der Waals surface area contributed by atoms with Gasteiger partial charge in [0.2, 0.25) is 0 Å². The number of nitrogens with one attached hydrogen (secondary N) is 1. The quantitative estimate of drug-likeness (QED) is 0.819. The lowest BCUT2D eigenvalue weighted by Gasteiger charge is -2.27. The van der Waals surface area contributed by atoms with Crippen molar-refractivity contribution in [2.24, 2.45) is 5.41 Å². The minimum absolute atomic E-state index is 0.169. The van der Waals surface area contributed by atoms with Gasteiger partial charge in [0.15, 0.2) is 5.76 Å². The van der Waals surface area contributed by atoms with Crippen molar-refractivity contribution in [3.05, 3.63) is 24.2 Å². The highest BCUT2D eigenvalue weighted by Crippen LogP contribution is 2.34. The van der Waals surface area contributed by atoms with Gasteiger partial charge in [-0.1, -0.05) is 25.7 Å². The third-order valence-electron chi connectivity index (χ3n) is 3.85. The molecule has 1 fully saturated rings. The number of rotatable bonds is 4. The first-order valence-corrected chi connectivity index (χ1v) is 6.69. The second-order valence-electron chi connectivity index (χ2n) is 5.16. The number of carbonyl (C=O) groups is 2. The highest BCUT2D eigenvalue weighted by atomic mass is 16.4. The SMILES string of the molecule is O=C(NCC1(C(=O)O)CCCCCC1)c1ccco1. The van der Waals surface area contributed by atoms with Gasteiger partial charge in [0, 0.05) is 6.54 Å². The van der Waals surface area contributed by atoms with Crippen LogP contribution in [0.3, 0.4) is 0 Å². The summed E-state index contributed by atoms with van der Waals surface area (Å²) in [5.41, 5.74) is -0.821. The molecule has 0 aromatic carbocycles. The lowest BCUT2D eigenvalue weighted by atomic mass is 9.80. The van der Waals surface area contributed by atoms with Crippen molar-refractivity contribution in [1.29, 1.82) is 0 Å². The van der Waals surface area contributed by atoms with Crippen molar-refractivity contribution < 1.29 is 19.1 Å². The Morgan fingerprint density at radius 3 is 2.47 bits per heavy atom. The van der Waals surface area contributed by atoms with E-state index in [1.54, 1.807) is 12.1 Å². The van der Waals surface area contributed by atoms with E-state index in [1.165, 1.54) is 6.26 Å². The average Bonchev–Trinajstić information content (AvgIpc) is 2.82. The molecular formula is C14H19NO4. The van der Waals surface area contributed by atoms with Crippen molar-refractivity contribution in [2.45, 2.75) is 38.5 Å². The largest absolute Gasteiger partial charge is 0.481 e. The third kappa shape index (κ3) is 3.16. The molecule has 1 aliphatic carbocycles. The number of amides is 1. The Kier molecular flexibility index (Phi) is 4.24. The number of hydrogen-bond donors (Lipinski definition) is 2. The zero-order valence-electron chi connectivity index (χ0n) is 10.9. The van der Waals surface area contributed by atoms with E-state index in [1.807, 2.05) is 0 Å². The Balaban J connectivity index is 2.00. The molecule has 0 atom stereocenters. The maximum Gasteiger partial charge on any atom is 0.311 e. The fraction of sp³-hybridized carbons (Fsp3) is 0.571. The summed E-state index contributed by atoms with van der Waals surface area (Å²) in [6.45, 7) is 0.169. The van der Waals surface area contributed by atoms with Crippen LogP contribution < -0.4 is 5.32 Å². The molecular weight excluding hydrogens is 246 g/mol. The van der Waals surface area contributed by atoms with Crippen LogP contribution in [0.4, 0.5) is 0 Å². The second kappa shape index (κ2) is 5.91. The topological polar surface area (TPSA) is 79.5 Å². The summed E-state index contributed by atoms with van der Waals surface area (Å²) in [6.07, 6.45) is 6.63. The first-order valence-electron chi connectivity index (χ1n) is 6.69. The molecule has 0 radical (unpaired) electrons. The third-order valence-corrected chi connectivity index (χ3v) is 3.85. The molecule has 0 unspecified atom stereocenters. The molecule has 1 aromatic heterocycles. The molecule has 0 aliphatic heterocycles. The number of carbonyl (C=O) groups excluding carboxylic acids is 1. The molecule has 1 saturated carbocycles. The highest BCUT2D eigenvalue weighted by molar-refractivity contribution is 5.91. The Labute approximate surface area is 112 Å². The van der Waals surface area contributed by atoms with Gasteiger partial charge in [-0.05, 0) is 25.0 Å². The Bertz CT molecular complexity index is 430. The number of furan rings is 1. The summed E-state index contributed by atoms with van der Waals surface area (Å²) < 4.78 is 4.99. The Hall–Kier alpha value is -1.78. The molecule has 2 N–H and O–H groups in total. The minimum Gasteiger partial charge on any atom is -0.481 e. The molecule has 1 aliphatic rings. The van der Waals surface area contributed by atoms with E-state index in [9.17, 15) is 14.7 Å². The molecule has 5 nitrogen and oxygen atoms in total. The van der Waals surface area contributed by atoms with Crippen LogP contribution in [0, 0.1) is 5.41 Å². The maximum absolute atomic E-state index is 11.8. The van der Waals surface area contributed by atoms with Crippen LogP contribution in [0.15, 0.2) is 22.8 Å². The molecule has 104 valence electrons. The van der Waals surface area contributed by atoms with E-state index in [0.29, 0.717) is 12.8 Å². The van der Waals surface area contributed by atoms with Crippen LogP contribution in [0.1, 0.15) is 49.1 Å². The van der Waals surface area contributed by atoms with E-state index < -0.39 is 11.4 Å². The molecule has 5 heteroatoms. The van der Waals surface area contributed by atoms with Crippen molar-refractivity contribution in [3.8, 4) is 0 Å². The summed E-state index contributed by atoms with van der Waals surface area (Å²) in [5.74, 6) is -0.946. The van der Waals surface area contributed by atoms with Crippen LogP contribution in [0.5, 0.6) is 0 Å². The molecule has 0 saturated heterocycles. The van der Waals surface area contributed by atoms with Gasteiger partial charge in [-0.25, -0.2) is 0 Å². The minimum atomic E-state index is -0.821. The second-order valence-corrected chi connectivity index (χ2v) is 5.16. The molecule has 1 heterocycles. The van der Waals surface area contributed by atoms with E-state index in [0.717, 1.165) is 25.7 Å². The summed E-state index contributed by atoms with van der Waals surface area (Å²) in [6, 6.07) is 3.20. The Morgan fingerprint density at radius 2 is 1.95 bits per heavy atom. The van der Waals surface area contributed by atoms with Crippen molar-refractivity contribution >= 4 is 11.9 Å². The molecule has 0 bridgehead atoms. The van der Waals surface area contributed by atoms with Gasteiger partial charge in [-0.3, -0.25) is 9.59 Å². The van der Waals surface area contributed by atoms with E-state index >= 15 is 0 Å². The van der Waals surface area contributed by atoms with Gasteiger partial charge < -0.3 is 14.8 Å².